The van der Waals surface area contributed by atoms with Gasteiger partial charge in [0.2, 0.25) is 11.7 Å². The van der Waals surface area contributed by atoms with Gasteiger partial charge in [0.15, 0.2) is 0 Å². The van der Waals surface area contributed by atoms with Crippen molar-refractivity contribution in [1.82, 2.24) is 0 Å². The summed E-state index contributed by atoms with van der Waals surface area (Å²) in [5.41, 5.74) is 0. The van der Waals surface area contributed by atoms with Gasteiger partial charge in [-0.2, -0.15) is 8.78 Å². The molecule has 4 nitrogen and oxygen atoms in total. The van der Waals surface area contributed by atoms with Gasteiger partial charge < -0.3 is 9.47 Å². The van der Waals surface area contributed by atoms with Crippen LogP contribution in [0.25, 0.3) is 0 Å². The molecule has 0 saturated heterocycles. The summed E-state index contributed by atoms with van der Waals surface area (Å²) in [5, 5.41) is 0. The Kier molecular flexibility index (Phi) is 17.1. The van der Waals surface area contributed by atoms with E-state index >= 15 is 0 Å². The third-order valence-electron chi connectivity index (χ3n) is 4.22. The van der Waals surface area contributed by atoms with Gasteiger partial charge in [-0.05, 0) is 63.5 Å². The maximum atomic E-state index is 13.1. The Morgan fingerprint density at radius 2 is 0.929 bits per heavy atom. The largest absolute Gasteiger partial charge is 0.464 e. The first kappa shape index (κ1) is 26.0. The summed E-state index contributed by atoms with van der Waals surface area (Å²) in [6, 6.07) is 0. The highest BCUT2D eigenvalue weighted by Gasteiger charge is 2.07. The molecule has 0 aliphatic carbocycles. The Bertz CT molecular complexity index is 479. The molecule has 0 spiro atoms. The lowest BCUT2D eigenvalue weighted by Gasteiger charge is -1.99. The summed E-state index contributed by atoms with van der Waals surface area (Å²) >= 11 is 0. The molecule has 0 radical (unpaired) electrons. The lowest BCUT2D eigenvalue weighted by molar-refractivity contribution is -0.138. The van der Waals surface area contributed by atoms with E-state index in [2.05, 4.69) is 21.6 Å². The van der Waals surface area contributed by atoms with E-state index in [0.717, 1.165) is 64.2 Å². The minimum absolute atomic E-state index is 0.557. The van der Waals surface area contributed by atoms with Crippen LogP contribution in [0.2, 0.25) is 0 Å². The molecular formula is C22H34F2O4. The molecule has 0 fully saturated rings. The Labute approximate surface area is 167 Å². The van der Waals surface area contributed by atoms with E-state index < -0.39 is 23.6 Å². The van der Waals surface area contributed by atoms with Crippen molar-refractivity contribution in [1.29, 1.82) is 0 Å². The molecule has 28 heavy (non-hydrogen) atoms. The van der Waals surface area contributed by atoms with Crippen LogP contribution in [-0.2, 0) is 19.1 Å². The summed E-state index contributed by atoms with van der Waals surface area (Å²) in [7, 11) is 2.33. The minimum Gasteiger partial charge on any atom is -0.464 e. The van der Waals surface area contributed by atoms with Crippen molar-refractivity contribution in [2.45, 2.75) is 77.0 Å². The van der Waals surface area contributed by atoms with Crippen LogP contribution >= 0.6 is 0 Å². The number of carbonyl (C=O) groups excluding carboxylic acids is 2. The molecule has 0 aromatic heterocycles. The van der Waals surface area contributed by atoms with E-state index in [1.165, 1.54) is 26.4 Å². The van der Waals surface area contributed by atoms with Crippen molar-refractivity contribution < 1.29 is 27.8 Å². The molecule has 0 N–H and O–H groups in total. The third kappa shape index (κ3) is 15.1. The molecule has 0 amide bonds. The second-order valence-electron chi connectivity index (χ2n) is 6.54. The third-order valence-corrected chi connectivity index (χ3v) is 4.22. The SMILES string of the molecule is COC(=O)/C(F)=C/CCCCCC/C=C/CCCCCC/C=C(\F)C(=O)OC. The fourth-order valence-electron chi connectivity index (χ4n) is 2.58. The number of rotatable bonds is 16. The van der Waals surface area contributed by atoms with Crippen LogP contribution in [-0.4, -0.2) is 26.2 Å². The van der Waals surface area contributed by atoms with Gasteiger partial charge in [0.1, 0.15) is 0 Å². The summed E-state index contributed by atoms with van der Waals surface area (Å²) in [6.45, 7) is 0. The lowest BCUT2D eigenvalue weighted by Crippen LogP contribution is -2.00. The van der Waals surface area contributed by atoms with Gasteiger partial charge >= 0.3 is 11.9 Å². The Morgan fingerprint density at radius 1 is 0.607 bits per heavy atom. The number of hydrogen-bond acceptors (Lipinski definition) is 4. The van der Waals surface area contributed by atoms with Crippen LogP contribution in [0.4, 0.5) is 8.78 Å². The molecular weight excluding hydrogens is 366 g/mol. The fourth-order valence-corrected chi connectivity index (χ4v) is 2.58. The molecule has 0 aliphatic heterocycles. The van der Waals surface area contributed by atoms with Crippen LogP contribution in [0.15, 0.2) is 36.0 Å². The van der Waals surface area contributed by atoms with E-state index in [1.54, 1.807) is 0 Å². The lowest BCUT2D eigenvalue weighted by atomic mass is 10.1. The second kappa shape index (κ2) is 18.4. The minimum atomic E-state index is -0.908. The number of halogens is 2. The second-order valence-corrected chi connectivity index (χ2v) is 6.54. The van der Waals surface area contributed by atoms with E-state index in [9.17, 15) is 18.4 Å². The molecule has 0 rings (SSSR count). The summed E-state index contributed by atoms with van der Waals surface area (Å²) in [5.74, 6) is -3.44. The molecule has 0 atom stereocenters. The molecule has 160 valence electrons. The number of hydrogen-bond donors (Lipinski definition) is 0. The molecule has 0 unspecified atom stereocenters. The van der Waals surface area contributed by atoms with E-state index in [-0.39, 0.29) is 0 Å². The van der Waals surface area contributed by atoms with Gasteiger partial charge in [0.05, 0.1) is 14.2 Å². The van der Waals surface area contributed by atoms with Gasteiger partial charge in [-0.15, -0.1) is 0 Å². The topological polar surface area (TPSA) is 52.6 Å². The predicted molar refractivity (Wildman–Crippen MR) is 107 cm³/mol. The smallest absolute Gasteiger partial charge is 0.366 e. The van der Waals surface area contributed by atoms with Crippen LogP contribution in [0.5, 0.6) is 0 Å². The number of unbranched alkanes of at least 4 members (excludes halogenated alkanes) is 10. The van der Waals surface area contributed by atoms with Crippen LogP contribution in [0.3, 0.4) is 0 Å². The molecule has 6 heteroatoms. The van der Waals surface area contributed by atoms with E-state index in [1.807, 2.05) is 0 Å². The quantitative estimate of drug-likeness (QED) is 0.132. The number of allylic oxidation sites excluding steroid dienone is 4. The summed E-state index contributed by atoms with van der Waals surface area (Å²) in [4.78, 5) is 21.7. The van der Waals surface area contributed by atoms with Crippen molar-refractivity contribution in [3.05, 3.63) is 36.0 Å². The van der Waals surface area contributed by atoms with Crippen molar-refractivity contribution in [3.8, 4) is 0 Å². The molecule has 0 aliphatic rings. The first-order valence-corrected chi connectivity index (χ1v) is 10.1. The zero-order valence-corrected chi connectivity index (χ0v) is 17.2. The Morgan fingerprint density at radius 3 is 1.25 bits per heavy atom. The van der Waals surface area contributed by atoms with Crippen molar-refractivity contribution >= 4 is 11.9 Å². The van der Waals surface area contributed by atoms with Gasteiger partial charge in [-0.1, -0.05) is 37.8 Å². The Hall–Kier alpha value is -1.98. The standard InChI is InChI=1S/C22H34F2O4/c1-27-21(25)19(23)17-15-13-11-9-7-5-3-4-6-8-10-12-14-16-18-20(24)22(26)28-2/h3-4,17-18H,5-16H2,1-2H3/b4-3+,19-17-,20-18-. The highest BCUT2D eigenvalue weighted by molar-refractivity contribution is 5.86. The zero-order valence-electron chi connectivity index (χ0n) is 17.2. The average Bonchev–Trinajstić information content (AvgIpc) is 2.71. The summed E-state index contributed by atoms with van der Waals surface area (Å²) < 4.78 is 34.7. The van der Waals surface area contributed by atoms with Crippen LogP contribution in [0.1, 0.15) is 77.0 Å². The molecule has 0 bridgehead atoms. The maximum absolute atomic E-state index is 13.1. The van der Waals surface area contributed by atoms with Crippen molar-refractivity contribution in [2.24, 2.45) is 0 Å². The van der Waals surface area contributed by atoms with E-state index in [4.69, 9.17) is 0 Å². The number of methoxy groups -OCH3 is 2. The zero-order chi connectivity index (χ0) is 21.0. The van der Waals surface area contributed by atoms with Gasteiger partial charge in [0.25, 0.3) is 0 Å². The maximum Gasteiger partial charge on any atom is 0.366 e. The number of carbonyl (C=O) groups is 2. The Balaban J connectivity index is 3.43. The molecule has 0 aromatic rings. The van der Waals surface area contributed by atoms with E-state index in [0.29, 0.717) is 12.8 Å². The molecule has 0 aromatic carbocycles. The van der Waals surface area contributed by atoms with Crippen molar-refractivity contribution in [3.63, 3.8) is 0 Å². The van der Waals surface area contributed by atoms with Crippen molar-refractivity contribution in [2.75, 3.05) is 14.2 Å². The van der Waals surface area contributed by atoms with Crippen LogP contribution in [0, 0.1) is 0 Å². The normalized spacial score (nSPS) is 12.4. The first-order chi connectivity index (χ1) is 13.5. The predicted octanol–water partition coefficient (Wildman–Crippen LogP) is 6.28. The summed E-state index contributed by atoms with van der Waals surface area (Å²) in [6.07, 6.45) is 18.4. The average molecular weight is 401 g/mol. The molecule has 0 saturated carbocycles. The number of ether oxygens (including phenoxy) is 2. The van der Waals surface area contributed by atoms with Gasteiger partial charge in [-0.25, -0.2) is 9.59 Å². The number of esters is 2. The molecule has 0 heterocycles. The van der Waals surface area contributed by atoms with Crippen LogP contribution < -0.4 is 0 Å². The first-order valence-electron chi connectivity index (χ1n) is 10.1. The monoisotopic (exact) mass is 400 g/mol. The highest BCUT2D eigenvalue weighted by atomic mass is 19.1. The van der Waals surface area contributed by atoms with Gasteiger partial charge in [0, 0.05) is 0 Å². The fraction of sp³-hybridized carbons (Fsp3) is 0.636. The highest BCUT2D eigenvalue weighted by Crippen LogP contribution is 2.11. The van der Waals surface area contributed by atoms with Gasteiger partial charge in [-0.3, -0.25) is 0 Å².